The highest BCUT2D eigenvalue weighted by atomic mass is 32.2. The zero-order valence-electron chi connectivity index (χ0n) is 15.2. The van der Waals surface area contributed by atoms with E-state index in [1.807, 2.05) is 6.92 Å². The SMILES string of the molecule is Cc1ccc(S(=O)(=O)NCC(c2cccnc2)S(=O)(=O)c2ccccc2)cc1. The molecule has 0 saturated carbocycles. The maximum Gasteiger partial charge on any atom is 0.240 e. The maximum atomic E-state index is 13.2. The van der Waals surface area contributed by atoms with Crippen LogP contribution >= 0.6 is 0 Å². The molecule has 8 heteroatoms. The van der Waals surface area contributed by atoms with E-state index in [2.05, 4.69) is 9.71 Å². The van der Waals surface area contributed by atoms with Crippen molar-refractivity contribution in [1.82, 2.24) is 9.71 Å². The molecule has 0 amide bonds. The van der Waals surface area contributed by atoms with Crippen molar-refractivity contribution in [3.8, 4) is 0 Å². The van der Waals surface area contributed by atoms with E-state index in [0.29, 0.717) is 5.56 Å². The largest absolute Gasteiger partial charge is 0.264 e. The summed E-state index contributed by atoms with van der Waals surface area (Å²) in [5, 5.41) is -1.11. The molecule has 0 fully saturated rings. The van der Waals surface area contributed by atoms with E-state index in [0.717, 1.165) is 5.56 Å². The molecule has 0 aliphatic heterocycles. The molecule has 2 aromatic carbocycles. The van der Waals surface area contributed by atoms with Gasteiger partial charge in [0.25, 0.3) is 0 Å². The van der Waals surface area contributed by atoms with Crippen LogP contribution in [0.2, 0.25) is 0 Å². The third-order valence-corrected chi connectivity index (χ3v) is 7.85. The van der Waals surface area contributed by atoms with Gasteiger partial charge in [0.2, 0.25) is 10.0 Å². The van der Waals surface area contributed by atoms with Crippen LogP contribution in [0.25, 0.3) is 0 Å². The fraction of sp³-hybridized carbons (Fsp3) is 0.150. The average Bonchev–Trinajstić information content (AvgIpc) is 2.70. The quantitative estimate of drug-likeness (QED) is 0.639. The summed E-state index contributed by atoms with van der Waals surface area (Å²) in [5.41, 5.74) is 1.34. The number of hydrogen-bond donors (Lipinski definition) is 1. The van der Waals surface area contributed by atoms with Crippen LogP contribution in [0.5, 0.6) is 0 Å². The number of nitrogens with zero attached hydrogens (tertiary/aromatic N) is 1. The summed E-state index contributed by atoms with van der Waals surface area (Å²) < 4.78 is 54.0. The van der Waals surface area contributed by atoms with Gasteiger partial charge in [-0.05, 0) is 42.8 Å². The normalized spacial score (nSPS) is 13.2. The fourth-order valence-electron chi connectivity index (χ4n) is 2.73. The predicted molar refractivity (Wildman–Crippen MR) is 107 cm³/mol. The minimum absolute atomic E-state index is 0.0835. The van der Waals surface area contributed by atoms with Crippen molar-refractivity contribution in [1.29, 1.82) is 0 Å². The number of aryl methyl sites for hydroxylation is 1. The Balaban J connectivity index is 1.94. The van der Waals surface area contributed by atoms with Crippen molar-refractivity contribution in [2.75, 3.05) is 6.54 Å². The first kappa shape index (κ1) is 20.2. The molecule has 0 bridgehead atoms. The summed E-state index contributed by atoms with van der Waals surface area (Å²) in [4.78, 5) is 4.19. The van der Waals surface area contributed by atoms with Crippen molar-refractivity contribution in [3.63, 3.8) is 0 Å². The van der Waals surface area contributed by atoms with E-state index in [1.165, 1.54) is 36.7 Å². The molecule has 1 unspecified atom stereocenters. The van der Waals surface area contributed by atoms with Crippen molar-refractivity contribution < 1.29 is 16.8 Å². The van der Waals surface area contributed by atoms with Crippen LogP contribution in [-0.2, 0) is 19.9 Å². The Morgan fingerprint density at radius 3 is 2.14 bits per heavy atom. The highest BCUT2D eigenvalue weighted by molar-refractivity contribution is 7.92. The highest BCUT2D eigenvalue weighted by Gasteiger charge is 2.30. The van der Waals surface area contributed by atoms with E-state index >= 15 is 0 Å². The van der Waals surface area contributed by atoms with Crippen LogP contribution in [-0.4, -0.2) is 28.4 Å². The van der Waals surface area contributed by atoms with Gasteiger partial charge in [0.05, 0.1) is 9.79 Å². The lowest BCUT2D eigenvalue weighted by atomic mass is 10.2. The third kappa shape index (κ3) is 4.46. The molecule has 0 radical (unpaired) electrons. The first-order valence-corrected chi connectivity index (χ1v) is 11.6. The second kappa shape index (κ2) is 8.22. The van der Waals surface area contributed by atoms with Gasteiger partial charge in [0, 0.05) is 18.9 Å². The van der Waals surface area contributed by atoms with Gasteiger partial charge in [0.1, 0.15) is 5.25 Å². The molecule has 0 saturated heterocycles. The Hall–Kier alpha value is -2.55. The monoisotopic (exact) mass is 416 g/mol. The van der Waals surface area contributed by atoms with Gasteiger partial charge in [-0.25, -0.2) is 21.6 Å². The first-order chi connectivity index (χ1) is 13.3. The van der Waals surface area contributed by atoms with Gasteiger partial charge in [0.15, 0.2) is 9.84 Å². The van der Waals surface area contributed by atoms with Crippen LogP contribution < -0.4 is 4.72 Å². The Labute approximate surface area is 165 Å². The van der Waals surface area contributed by atoms with Crippen LogP contribution in [0.15, 0.2) is 88.9 Å². The van der Waals surface area contributed by atoms with Gasteiger partial charge in [-0.1, -0.05) is 42.0 Å². The predicted octanol–water partition coefficient (Wildman–Crippen LogP) is 2.88. The van der Waals surface area contributed by atoms with E-state index in [4.69, 9.17) is 0 Å². The number of nitrogens with one attached hydrogen (secondary N) is 1. The summed E-state index contributed by atoms with van der Waals surface area (Å²) in [5.74, 6) is 0. The molecule has 1 heterocycles. The average molecular weight is 417 g/mol. The molecule has 1 aromatic heterocycles. The molecule has 0 spiro atoms. The maximum absolute atomic E-state index is 13.2. The van der Waals surface area contributed by atoms with Gasteiger partial charge < -0.3 is 0 Å². The lowest BCUT2D eigenvalue weighted by Gasteiger charge is -2.19. The van der Waals surface area contributed by atoms with Crippen LogP contribution in [0.1, 0.15) is 16.4 Å². The van der Waals surface area contributed by atoms with Gasteiger partial charge in [-0.2, -0.15) is 0 Å². The van der Waals surface area contributed by atoms with E-state index in [9.17, 15) is 16.8 Å². The van der Waals surface area contributed by atoms with Crippen molar-refractivity contribution in [3.05, 3.63) is 90.3 Å². The Morgan fingerprint density at radius 1 is 0.857 bits per heavy atom. The summed E-state index contributed by atoms with van der Waals surface area (Å²) in [6.07, 6.45) is 2.97. The summed E-state index contributed by atoms with van der Waals surface area (Å²) in [6, 6.07) is 17.6. The number of rotatable bonds is 7. The molecular formula is C20H20N2O4S2. The number of pyridine rings is 1. The number of benzene rings is 2. The van der Waals surface area contributed by atoms with Crippen LogP contribution in [0.4, 0.5) is 0 Å². The van der Waals surface area contributed by atoms with Crippen molar-refractivity contribution in [2.45, 2.75) is 22.0 Å². The molecule has 0 aliphatic carbocycles. The fourth-order valence-corrected chi connectivity index (χ4v) is 5.55. The lowest BCUT2D eigenvalue weighted by Crippen LogP contribution is -2.32. The molecule has 1 N–H and O–H groups in total. The molecule has 1 atom stereocenters. The number of sulfonamides is 1. The van der Waals surface area contributed by atoms with Crippen molar-refractivity contribution in [2.24, 2.45) is 0 Å². The van der Waals surface area contributed by atoms with E-state index < -0.39 is 25.1 Å². The van der Waals surface area contributed by atoms with E-state index in [1.54, 1.807) is 42.5 Å². The summed E-state index contributed by atoms with van der Waals surface area (Å²) >= 11 is 0. The van der Waals surface area contributed by atoms with Gasteiger partial charge in [-0.3, -0.25) is 4.98 Å². The van der Waals surface area contributed by atoms with Crippen molar-refractivity contribution >= 4 is 19.9 Å². The highest BCUT2D eigenvalue weighted by Crippen LogP contribution is 2.28. The second-order valence-electron chi connectivity index (χ2n) is 6.30. The van der Waals surface area contributed by atoms with E-state index in [-0.39, 0.29) is 16.3 Å². The number of hydrogen-bond acceptors (Lipinski definition) is 5. The molecule has 3 rings (SSSR count). The zero-order chi connectivity index (χ0) is 20.2. The molecule has 6 nitrogen and oxygen atoms in total. The molecule has 0 aliphatic rings. The Kier molecular flexibility index (Phi) is 5.93. The summed E-state index contributed by atoms with van der Waals surface area (Å²) in [7, 11) is -7.69. The lowest BCUT2D eigenvalue weighted by molar-refractivity contribution is 0.568. The zero-order valence-corrected chi connectivity index (χ0v) is 16.8. The Bertz CT molecular complexity index is 1130. The number of sulfone groups is 1. The van der Waals surface area contributed by atoms with Crippen LogP contribution in [0.3, 0.4) is 0 Å². The van der Waals surface area contributed by atoms with Crippen LogP contribution in [0, 0.1) is 6.92 Å². The minimum atomic E-state index is -3.86. The smallest absolute Gasteiger partial charge is 0.240 e. The van der Waals surface area contributed by atoms with Gasteiger partial charge in [-0.15, -0.1) is 0 Å². The summed E-state index contributed by atoms with van der Waals surface area (Å²) in [6.45, 7) is 1.55. The molecule has 3 aromatic rings. The Morgan fingerprint density at radius 2 is 1.54 bits per heavy atom. The second-order valence-corrected chi connectivity index (χ2v) is 10.2. The first-order valence-electron chi connectivity index (χ1n) is 8.56. The molecule has 146 valence electrons. The molecular weight excluding hydrogens is 396 g/mol. The topological polar surface area (TPSA) is 93.2 Å². The minimum Gasteiger partial charge on any atom is -0.264 e. The third-order valence-electron chi connectivity index (χ3n) is 4.29. The standard InChI is InChI=1S/C20H20N2O4S2/c1-16-9-11-19(12-10-16)28(25,26)22-15-20(17-6-5-13-21-14-17)27(23,24)18-7-3-2-4-8-18/h2-14,20,22H,15H2,1H3. The number of aromatic nitrogens is 1. The molecule has 28 heavy (non-hydrogen) atoms. The van der Waals surface area contributed by atoms with Gasteiger partial charge >= 0.3 is 0 Å².